The summed E-state index contributed by atoms with van der Waals surface area (Å²) in [6.45, 7) is 5.55. The number of amides is 1. The highest BCUT2D eigenvalue weighted by molar-refractivity contribution is 6.08. The first-order valence-corrected chi connectivity index (χ1v) is 9.67. The van der Waals surface area contributed by atoms with Crippen molar-refractivity contribution in [2.45, 2.75) is 38.1 Å². The molecular weight excluding hydrogens is 357 g/mol. The van der Waals surface area contributed by atoms with Gasteiger partial charge in [-0.05, 0) is 51.9 Å². The molecule has 2 N–H and O–H groups in total. The molecule has 1 saturated heterocycles. The van der Waals surface area contributed by atoms with E-state index in [1.807, 2.05) is 30.7 Å². The Hall–Kier alpha value is -2.80. The minimum Gasteiger partial charge on any atom is -0.317 e. The van der Waals surface area contributed by atoms with Crippen molar-refractivity contribution >= 4 is 22.6 Å². The maximum absolute atomic E-state index is 14.9. The van der Waals surface area contributed by atoms with Gasteiger partial charge in [0, 0.05) is 22.7 Å². The predicted octanol–water partition coefficient (Wildman–Crippen LogP) is 3.39. The number of hydrogen-bond acceptors (Lipinski definition) is 4. The predicted molar refractivity (Wildman–Crippen MR) is 106 cm³/mol. The van der Waals surface area contributed by atoms with Crippen LogP contribution in [-0.2, 0) is 10.2 Å². The number of aromatic nitrogens is 3. The largest absolute Gasteiger partial charge is 0.317 e. The Morgan fingerprint density at radius 1 is 1.21 bits per heavy atom. The highest BCUT2D eigenvalue weighted by Crippen LogP contribution is 2.44. The minimum absolute atomic E-state index is 0.0873. The van der Waals surface area contributed by atoms with Crippen molar-refractivity contribution < 1.29 is 9.18 Å². The Balaban J connectivity index is 1.78. The molecule has 4 heterocycles. The standard InChI is InChI=1S/C21H22FN5O/c1-21(2)16-13(8-11-24-19(16)25-20(21)28)17-14-4-3-5-15(22)18(14)27(26-17)12-6-9-23-10-7-12/h3-5,8,11-12,23H,6-7,9-10H2,1-2H3,(H,24,25,28). The summed E-state index contributed by atoms with van der Waals surface area (Å²) < 4.78 is 16.7. The second-order valence-corrected chi connectivity index (χ2v) is 8.07. The van der Waals surface area contributed by atoms with Gasteiger partial charge in [0.1, 0.15) is 22.8 Å². The normalized spacial score (nSPS) is 19.0. The van der Waals surface area contributed by atoms with Crippen molar-refractivity contribution in [1.29, 1.82) is 0 Å². The van der Waals surface area contributed by atoms with Gasteiger partial charge in [-0.25, -0.2) is 9.37 Å². The summed E-state index contributed by atoms with van der Waals surface area (Å²) in [5.41, 5.74) is 2.16. The number of fused-ring (bicyclic) bond motifs is 2. The third-order valence-corrected chi connectivity index (χ3v) is 5.96. The number of hydrogen-bond donors (Lipinski definition) is 2. The molecule has 0 unspecified atom stereocenters. The first-order chi connectivity index (χ1) is 13.5. The molecule has 0 radical (unpaired) electrons. The maximum atomic E-state index is 14.9. The Morgan fingerprint density at radius 3 is 2.79 bits per heavy atom. The molecule has 7 heteroatoms. The number of pyridine rings is 1. The van der Waals surface area contributed by atoms with Crippen LogP contribution in [0.2, 0.25) is 0 Å². The summed E-state index contributed by atoms with van der Waals surface area (Å²) >= 11 is 0. The number of anilines is 1. The van der Waals surface area contributed by atoms with Gasteiger partial charge in [0.05, 0.1) is 11.5 Å². The van der Waals surface area contributed by atoms with Crippen LogP contribution >= 0.6 is 0 Å². The lowest BCUT2D eigenvalue weighted by Crippen LogP contribution is -2.30. The molecule has 0 aliphatic carbocycles. The van der Waals surface area contributed by atoms with Crippen LogP contribution in [0.25, 0.3) is 22.2 Å². The number of nitrogens with one attached hydrogen (secondary N) is 2. The number of halogens is 1. The van der Waals surface area contributed by atoms with Gasteiger partial charge < -0.3 is 10.6 Å². The van der Waals surface area contributed by atoms with E-state index in [0.717, 1.165) is 42.4 Å². The number of para-hydroxylation sites is 1. The lowest BCUT2D eigenvalue weighted by Gasteiger charge is -2.23. The fraction of sp³-hybridized carbons (Fsp3) is 0.381. The molecule has 3 aromatic rings. The number of piperidine rings is 1. The summed E-state index contributed by atoms with van der Waals surface area (Å²) in [4.78, 5) is 16.8. The zero-order valence-electron chi connectivity index (χ0n) is 15.9. The molecule has 28 heavy (non-hydrogen) atoms. The van der Waals surface area contributed by atoms with Crippen LogP contribution in [0, 0.1) is 5.82 Å². The molecule has 144 valence electrons. The SMILES string of the molecule is CC1(C)C(=O)Nc2nccc(-c3nn(C4CCNCC4)c4c(F)cccc34)c21. The van der Waals surface area contributed by atoms with E-state index in [0.29, 0.717) is 17.0 Å². The zero-order chi connectivity index (χ0) is 19.5. The van der Waals surface area contributed by atoms with Gasteiger partial charge in [-0.3, -0.25) is 9.48 Å². The third kappa shape index (κ3) is 2.39. The Kier molecular flexibility index (Phi) is 3.77. The first kappa shape index (κ1) is 17.3. The zero-order valence-corrected chi connectivity index (χ0v) is 15.9. The number of carbonyl (C=O) groups is 1. The van der Waals surface area contributed by atoms with Gasteiger partial charge >= 0.3 is 0 Å². The first-order valence-electron chi connectivity index (χ1n) is 9.67. The molecule has 1 amide bonds. The molecule has 0 bridgehead atoms. The summed E-state index contributed by atoms with van der Waals surface area (Å²) in [7, 11) is 0. The van der Waals surface area contributed by atoms with Gasteiger partial charge in [-0.15, -0.1) is 0 Å². The monoisotopic (exact) mass is 379 g/mol. The molecule has 0 saturated carbocycles. The molecule has 0 spiro atoms. The van der Waals surface area contributed by atoms with Crippen LogP contribution in [0.3, 0.4) is 0 Å². The number of carbonyl (C=O) groups excluding carboxylic acids is 1. The van der Waals surface area contributed by atoms with Crippen LogP contribution in [0.4, 0.5) is 10.2 Å². The van der Waals surface area contributed by atoms with Crippen molar-refractivity contribution in [3.63, 3.8) is 0 Å². The van der Waals surface area contributed by atoms with Crippen molar-refractivity contribution in [2.75, 3.05) is 18.4 Å². The van der Waals surface area contributed by atoms with Crippen molar-refractivity contribution in [3.05, 3.63) is 41.8 Å². The summed E-state index contributed by atoms with van der Waals surface area (Å²) in [6, 6.07) is 7.13. The maximum Gasteiger partial charge on any atom is 0.235 e. The van der Waals surface area contributed by atoms with Gasteiger partial charge in [-0.1, -0.05) is 12.1 Å². The van der Waals surface area contributed by atoms with Crippen LogP contribution in [0.1, 0.15) is 38.3 Å². The lowest BCUT2D eigenvalue weighted by atomic mass is 9.83. The molecule has 2 aromatic heterocycles. The molecule has 1 fully saturated rings. The molecule has 2 aliphatic heterocycles. The molecule has 2 aliphatic rings. The molecular formula is C21H22FN5O. The van der Waals surface area contributed by atoms with E-state index < -0.39 is 5.41 Å². The van der Waals surface area contributed by atoms with E-state index in [-0.39, 0.29) is 17.8 Å². The van der Waals surface area contributed by atoms with E-state index in [4.69, 9.17) is 5.10 Å². The summed E-state index contributed by atoms with van der Waals surface area (Å²) in [5.74, 6) is 0.207. The van der Waals surface area contributed by atoms with Crippen LogP contribution in [0.15, 0.2) is 30.5 Å². The average molecular weight is 379 g/mol. The third-order valence-electron chi connectivity index (χ3n) is 5.96. The van der Waals surface area contributed by atoms with Crippen LogP contribution in [-0.4, -0.2) is 33.8 Å². The smallest absolute Gasteiger partial charge is 0.235 e. The van der Waals surface area contributed by atoms with Crippen LogP contribution in [0.5, 0.6) is 0 Å². The van der Waals surface area contributed by atoms with Crippen LogP contribution < -0.4 is 10.6 Å². The van der Waals surface area contributed by atoms with E-state index >= 15 is 0 Å². The highest BCUT2D eigenvalue weighted by Gasteiger charge is 2.42. The fourth-order valence-electron chi connectivity index (χ4n) is 4.43. The number of benzene rings is 1. The Labute approximate surface area is 162 Å². The summed E-state index contributed by atoms with van der Waals surface area (Å²) in [6.07, 6.45) is 3.49. The quantitative estimate of drug-likeness (QED) is 0.716. The van der Waals surface area contributed by atoms with Crippen molar-refractivity contribution in [2.24, 2.45) is 0 Å². The fourth-order valence-corrected chi connectivity index (χ4v) is 4.43. The summed E-state index contributed by atoms with van der Waals surface area (Å²) in [5, 5.41) is 11.9. The molecule has 5 rings (SSSR count). The van der Waals surface area contributed by atoms with Gasteiger partial charge in [-0.2, -0.15) is 5.10 Å². The number of nitrogens with zero attached hydrogens (tertiary/aromatic N) is 3. The van der Waals surface area contributed by atoms with Gasteiger partial charge in [0.15, 0.2) is 0 Å². The van der Waals surface area contributed by atoms with E-state index in [1.165, 1.54) is 6.07 Å². The Bertz CT molecular complexity index is 1100. The van der Waals surface area contributed by atoms with Gasteiger partial charge in [0.2, 0.25) is 5.91 Å². The number of rotatable bonds is 2. The molecule has 1 aromatic carbocycles. The highest BCUT2D eigenvalue weighted by atomic mass is 19.1. The Morgan fingerprint density at radius 2 is 2.00 bits per heavy atom. The molecule has 0 atom stereocenters. The second kappa shape index (κ2) is 6.10. The van der Waals surface area contributed by atoms with E-state index in [1.54, 1.807) is 12.3 Å². The second-order valence-electron chi connectivity index (χ2n) is 8.07. The minimum atomic E-state index is -0.725. The van der Waals surface area contributed by atoms with Crippen molar-refractivity contribution in [1.82, 2.24) is 20.1 Å². The van der Waals surface area contributed by atoms with E-state index in [2.05, 4.69) is 15.6 Å². The molecule has 6 nitrogen and oxygen atoms in total. The lowest BCUT2D eigenvalue weighted by molar-refractivity contribution is -0.119. The van der Waals surface area contributed by atoms with E-state index in [9.17, 15) is 9.18 Å². The average Bonchev–Trinajstić information content (AvgIpc) is 3.19. The topological polar surface area (TPSA) is 71.8 Å². The van der Waals surface area contributed by atoms with Crippen molar-refractivity contribution in [3.8, 4) is 11.3 Å². The van der Waals surface area contributed by atoms with Gasteiger partial charge in [0.25, 0.3) is 0 Å².